The Kier molecular flexibility index (Phi) is 28.0. The summed E-state index contributed by atoms with van der Waals surface area (Å²) in [4.78, 5) is 13.2. The molecule has 1 aliphatic carbocycles. The van der Waals surface area contributed by atoms with Crippen molar-refractivity contribution >= 4 is 17.7 Å². The van der Waals surface area contributed by atoms with Crippen LogP contribution < -0.4 is 0 Å². The smallest absolute Gasteiger partial charge is 0.310 e. The Balaban J connectivity index is 2.39. The van der Waals surface area contributed by atoms with Crippen LogP contribution in [0.1, 0.15) is 209 Å². The van der Waals surface area contributed by atoms with Crippen LogP contribution in [-0.2, 0) is 14.3 Å². The summed E-state index contributed by atoms with van der Waals surface area (Å²) < 4.78 is 12.2. The molecule has 5 heteroatoms. The molecule has 0 radical (unpaired) electrons. The van der Waals surface area contributed by atoms with Gasteiger partial charge in [-0.15, -0.1) is 0 Å². The first-order valence-electron chi connectivity index (χ1n) is 21.5. The number of aliphatic hydroxyl groups is 1. The topological polar surface area (TPSA) is 55.8 Å². The van der Waals surface area contributed by atoms with E-state index in [2.05, 4.69) is 41.5 Å². The van der Waals surface area contributed by atoms with Crippen LogP contribution in [0.3, 0.4) is 0 Å². The first-order valence-corrected chi connectivity index (χ1v) is 22.7. The van der Waals surface area contributed by atoms with E-state index >= 15 is 0 Å². The molecule has 0 heterocycles. The van der Waals surface area contributed by atoms with Gasteiger partial charge in [0.2, 0.25) is 0 Å². The van der Waals surface area contributed by atoms with E-state index in [1.807, 2.05) is 30.8 Å². The van der Waals surface area contributed by atoms with E-state index < -0.39 is 5.60 Å². The van der Waals surface area contributed by atoms with Crippen LogP contribution in [0.25, 0.3) is 0 Å². The zero-order valence-electron chi connectivity index (χ0n) is 34.4. The van der Waals surface area contributed by atoms with E-state index in [0.29, 0.717) is 6.61 Å². The molecule has 3 unspecified atom stereocenters. The first kappa shape index (κ1) is 47.2. The highest BCUT2D eigenvalue weighted by atomic mass is 32.2. The van der Waals surface area contributed by atoms with Crippen molar-refractivity contribution in [3.8, 4) is 0 Å². The Hall–Kier alpha value is -0.780. The number of thioether (sulfide) groups is 1. The van der Waals surface area contributed by atoms with Crippen molar-refractivity contribution in [2.24, 2.45) is 11.3 Å². The maximum Gasteiger partial charge on any atom is 0.310 e. The van der Waals surface area contributed by atoms with Crippen LogP contribution in [0.4, 0.5) is 0 Å². The van der Waals surface area contributed by atoms with Crippen LogP contribution >= 0.6 is 11.8 Å². The molecule has 0 aromatic heterocycles. The normalized spacial score (nSPS) is 18.6. The molecule has 1 aliphatic rings. The highest BCUT2D eigenvalue weighted by molar-refractivity contribution is 7.99. The summed E-state index contributed by atoms with van der Waals surface area (Å²) in [6, 6.07) is 0. The average molecular weight is 721 g/mol. The minimum absolute atomic E-state index is 0.0591. The van der Waals surface area contributed by atoms with Crippen molar-refractivity contribution in [1.29, 1.82) is 0 Å². The molecule has 0 saturated heterocycles. The van der Waals surface area contributed by atoms with Gasteiger partial charge in [0.1, 0.15) is 6.10 Å². The van der Waals surface area contributed by atoms with Crippen LogP contribution in [-0.4, -0.2) is 47.5 Å². The summed E-state index contributed by atoms with van der Waals surface area (Å²) in [6.07, 6.45) is 36.3. The van der Waals surface area contributed by atoms with E-state index in [-0.39, 0.29) is 29.8 Å². The van der Waals surface area contributed by atoms with E-state index in [1.54, 1.807) is 0 Å². The van der Waals surface area contributed by atoms with Gasteiger partial charge in [-0.25, -0.2) is 0 Å². The van der Waals surface area contributed by atoms with E-state index in [4.69, 9.17) is 9.47 Å². The number of carbonyl (C=O) groups is 1. The van der Waals surface area contributed by atoms with Gasteiger partial charge in [-0.3, -0.25) is 4.79 Å². The molecule has 1 N–H and O–H groups in total. The Morgan fingerprint density at radius 2 is 1.20 bits per heavy atom. The lowest BCUT2D eigenvalue weighted by Gasteiger charge is -2.45. The van der Waals surface area contributed by atoms with Crippen molar-refractivity contribution in [2.75, 3.05) is 24.7 Å². The summed E-state index contributed by atoms with van der Waals surface area (Å²) in [5, 5.41) is 11.4. The Bertz CT molecular complexity index is 890. The Morgan fingerprint density at radius 1 is 0.760 bits per heavy atom. The summed E-state index contributed by atoms with van der Waals surface area (Å²) in [6.45, 7) is 16.1. The van der Waals surface area contributed by atoms with Crippen LogP contribution in [0.5, 0.6) is 0 Å². The highest BCUT2D eigenvalue weighted by Crippen LogP contribution is 2.44. The third-order valence-electron chi connectivity index (χ3n) is 11.1. The lowest BCUT2D eigenvalue weighted by atomic mass is 9.64. The van der Waals surface area contributed by atoms with E-state index in [9.17, 15) is 9.90 Å². The second-order valence-electron chi connectivity index (χ2n) is 16.6. The molecule has 0 bridgehead atoms. The van der Waals surface area contributed by atoms with Gasteiger partial charge in [-0.05, 0) is 36.5 Å². The molecule has 4 nitrogen and oxygen atoms in total. The number of hydrogen-bond donors (Lipinski definition) is 1. The molecule has 0 aliphatic heterocycles. The van der Waals surface area contributed by atoms with Gasteiger partial charge in [0.05, 0.1) is 18.6 Å². The second-order valence-corrected chi connectivity index (χ2v) is 17.7. The molecule has 1 rings (SSSR count). The number of carbonyl (C=O) groups excluding carboxylic acids is 1. The predicted octanol–water partition coefficient (Wildman–Crippen LogP) is 13.7. The van der Waals surface area contributed by atoms with Crippen LogP contribution in [0, 0.1) is 11.3 Å². The van der Waals surface area contributed by atoms with Crippen LogP contribution in [0.2, 0.25) is 0 Å². The largest absolute Gasteiger partial charge is 0.459 e. The van der Waals surface area contributed by atoms with Crippen molar-refractivity contribution in [3.05, 3.63) is 23.3 Å². The minimum Gasteiger partial charge on any atom is -0.459 e. The second kappa shape index (κ2) is 29.6. The Morgan fingerprint density at radius 3 is 1.66 bits per heavy atom. The standard InChI is InChI=1S/C45H84O4S/c1-8-10-12-14-16-18-20-21-22-23-25-27-29-31-35-50-38-42(37-48-34-30-28-26-24-19-17-15-13-11-9-2)49-43(46)36-41-32-33-45(47,44(5,6)7)40(4)39(41)3/h32-33,40,42,47H,8-31,34-38H2,1-7H3. The maximum absolute atomic E-state index is 13.2. The number of allylic oxidation sites excluding steroid dienone is 1. The van der Waals surface area contributed by atoms with Crippen molar-refractivity contribution in [1.82, 2.24) is 0 Å². The summed E-state index contributed by atoms with van der Waals surface area (Å²) >= 11 is 1.91. The van der Waals surface area contributed by atoms with Gasteiger partial charge in [0, 0.05) is 18.3 Å². The van der Waals surface area contributed by atoms with Gasteiger partial charge in [0.25, 0.3) is 0 Å². The molecule has 0 aromatic rings. The van der Waals surface area contributed by atoms with Crippen molar-refractivity contribution in [3.63, 3.8) is 0 Å². The fourth-order valence-corrected chi connectivity index (χ4v) is 8.23. The molecule has 0 aromatic carbocycles. The lowest BCUT2D eigenvalue weighted by Crippen LogP contribution is -2.48. The molecular weight excluding hydrogens is 637 g/mol. The molecule has 3 atom stereocenters. The monoisotopic (exact) mass is 721 g/mol. The number of unbranched alkanes of at least 4 members (excludes halogenated alkanes) is 22. The van der Waals surface area contributed by atoms with E-state index in [1.165, 1.54) is 148 Å². The zero-order chi connectivity index (χ0) is 36.9. The molecule has 0 fully saturated rings. The maximum atomic E-state index is 13.2. The van der Waals surface area contributed by atoms with E-state index in [0.717, 1.165) is 35.7 Å². The fourth-order valence-electron chi connectivity index (χ4n) is 7.23. The van der Waals surface area contributed by atoms with Gasteiger partial charge < -0.3 is 14.6 Å². The van der Waals surface area contributed by atoms with Gasteiger partial charge in [-0.2, -0.15) is 11.8 Å². The average Bonchev–Trinajstić information content (AvgIpc) is 3.08. The third kappa shape index (κ3) is 21.7. The number of ether oxygens (including phenoxy) is 2. The van der Waals surface area contributed by atoms with Gasteiger partial charge in [0.15, 0.2) is 0 Å². The quantitative estimate of drug-likeness (QED) is 0.0540. The molecule has 0 amide bonds. The SMILES string of the molecule is CCCCCCCCCCCCCCCCSCC(COCCCCCCCCCCCC)OC(=O)CC1=C(C)C(C)C(O)(C(C)(C)C)C=C1. The summed E-state index contributed by atoms with van der Waals surface area (Å²) in [7, 11) is 0. The number of esters is 1. The number of hydrogen-bond acceptors (Lipinski definition) is 5. The molecule has 0 saturated carbocycles. The Labute approximate surface area is 316 Å². The first-order chi connectivity index (χ1) is 24.1. The molecular formula is C45H84O4S. The molecule has 0 spiro atoms. The fraction of sp³-hybridized carbons (Fsp3) is 0.889. The predicted molar refractivity (Wildman–Crippen MR) is 220 cm³/mol. The highest BCUT2D eigenvalue weighted by Gasteiger charge is 2.45. The minimum atomic E-state index is -0.931. The zero-order valence-corrected chi connectivity index (χ0v) is 35.2. The third-order valence-corrected chi connectivity index (χ3v) is 12.3. The summed E-state index contributed by atoms with van der Waals surface area (Å²) in [5.41, 5.74) is 0.815. The molecule has 50 heavy (non-hydrogen) atoms. The van der Waals surface area contributed by atoms with Crippen molar-refractivity contribution < 1.29 is 19.4 Å². The molecule has 294 valence electrons. The van der Waals surface area contributed by atoms with Gasteiger partial charge >= 0.3 is 5.97 Å². The number of rotatable bonds is 33. The van der Waals surface area contributed by atoms with Crippen molar-refractivity contribution in [2.45, 2.75) is 221 Å². The lowest BCUT2D eigenvalue weighted by molar-refractivity contribution is -0.149. The van der Waals surface area contributed by atoms with Gasteiger partial charge in [-0.1, -0.05) is 201 Å². The summed E-state index contributed by atoms with van der Waals surface area (Å²) in [5.74, 6) is 1.65. The van der Waals surface area contributed by atoms with Crippen LogP contribution in [0.15, 0.2) is 23.3 Å².